The van der Waals surface area contributed by atoms with Gasteiger partial charge in [-0.05, 0) is 13.0 Å². The Hall–Kier alpha value is -3.81. The van der Waals surface area contributed by atoms with E-state index in [1.807, 2.05) is 0 Å². The SMILES string of the molecule is Cc1nn(C)c(C(=O)Nc2ccc([N+](=O)[O-])cc2C#N)c1[N+](=O)[O-]. The number of carbonyl (C=O) groups excluding carboxylic acids is 1. The van der Waals surface area contributed by atoms with E-state index in [2.05, 4.69) is 10.4 Å². The number of non-ortho nitro benzene ring substituents is 1. The number of nitriles is 1. The van der Waals surface area contributed by atoms with Gasteiger partial charge in [0.25, 0.3) is 11.6 Å². The molecule has 2 rings (SSSR count). The van der Waals surface area contributed by atoms with Gasteiger partial charge in [-0.15, -0.1) is 0 Å². The van der Waals surface area contributed by atoms with Gasteiger partial charge in [-0.1, -0.05) is 0 Å². The molecule has 1 aromatic heterocycles. The zero-order valence-corrected chi connectivity index (χ0v) is 12.5. The number of amides is 1. The Morgan fingerprint density at radius 2 is 2.00 bits per heavy atom. The van der Waals surface area contributed by atoms with E-state index < -0.39 is 21.4 Å². The van der Waals surface area contributed by atoms with Crippen molar-refractivity contribution in [1.82, 2.24) is 9.78 Å². The molecule has 0 radical (unpaired) electrons. The molecule has 122 valence electrons. The van der Waals surface area contributed by atoms with Gasteiger partial charge in [0.1, 0.15) is 11.8 Å². The summed E-state index contributed by atoms with van der Waals surface area (Å²) in [7, 11) is 1.37. The molecule has 1 amide bonds. The van der Waals surface area contributed by atoms with E-state index in [0.717, 1.165) is 16.8 Å². The van der Waals surface area contributed by atoms with E-state index in [9.17, 15) is 25.0 Å². The van der Waals surface area contributed by atoms with Gasteiger partial charge in [0.15, 0.2) is 0 Å². The molecule has 1 aromatic carbocycles. The molecule has 1 N–H and O–H groups in total. The average molecular weight is 330 g/mol. The number of rotatable bonds is 4. The molecule has 0 saturated heterocycles. The summed E-state index contributed by atoms with van der Waals surface area (Å²) >= 11 is 0. The van der Waals surface area contributed by atoms with Crippen molar-refractivity contribution in [3.8, 4) is 6.07 Å². The molecule has 0 unspecified atom stereocenters. The van der Waals surface area contributed by atoms with Crippen LogP contribution in [0.15, 0.2) is 18.2 Å². The van der Waals surface area contributed by atoms with E-state index in [-0.39, 0.29) is 28.3 Å². The van der Waals surface area contributed by atoms with Crippen molar-refractivity contribution in [2.75, 3.05) is 5.32 Å². The fourth-order valence-electron chi connectivity index (χ4n) is 2.15. The molecule has 11 nitrogen and oxygen atoms in total. The summed E-state index contributed by atoms with van der Waals surface area (Å²) in [5.41, 5.74) is -1.13. The van der Waals surface area contributed by atoms with E-state index >= 15 is 0 Å². The highest BCUT2D eigenvalue weighted by atomic mass is 16.6. The summed E-state index contributed by atoms with van der Waals surface area (Å²) in [5.74, 6) is -0.852. The molecule has 0 spiro atoms. The first-order valence-corrected chi connectivity index (χ1v) is 6.44. The maximum Gasteiger partial charge on any atom is 0.322 e. The van der Waals surface area contributed by atoms with E-state index in [4.69, 9.17) is 5.26 Å². The first-order valence-electron chi connectivity index (χ1n) is 6.44. The fraction of sp³-hybridized carbons (Fsp3) is 0.154. The first-order chi connectivity index (χ1) is 11.3. The normalized spacial score (nSPS) is 10.0. The lowest BCUT2D eigenvalue weighted by Crippen LogP contribution is -2.18. The second-order valence-corrected chi connectivity index (χ2v) is 4.72. The van der Waals surface area contributed by atoms with Crippen LogP contribution in [0, 0.1) is 38.5 Å². The third-order valence-electron chi connectivity index (χ3n) is 3.17. The van der Waals surface area contributed by atoms with Crippen molar-refractivity contribution in [3.63, 3.8) is 0 Å². The van der Waals surface area contributed by atoms with Crippen LogP contribution in [0.5, 0.6) is 0 Å². The largest absolute Gasteiger partial charge is 0.322 e. The van der Waals surface area contributed by atoms with Crippen LogP contribution in [0.3, 0.4) is 0 Å². The topological polar surface area (TPSA) is 157 Å². The Morgan fingerprint density at radius 3 is 2.54 bits per heavy atom. The molecule has 0 fully saturated rings. The lowest BCUT2D eigenvalue weighted by molar-refractivity contribution is -0.385. The summed E-state index contributed by atoms with van der Waals surface area (Å²) in [6, 6.07) is 5.02. The molecule has 0 aliphatic carbocycles. The quantitative estimate of drug-likeness (QED) is 0.659. The maximum atomic E-state index is 12.3. The van der Waals surface area contributed by atoms with Crippen LogP contribution in [0.25, 0.3) is 0 Å². The Bertz CT molecular complexity index is 910. The second-order valence-electron chi connectivity index (χ2n) is 4.72. The van der Waals surface area contributed by atoms with Gasteiger partial charge >= 0.3 is 5.69 Å². The summed E-state index contributed by atoms with van der Waals surface area (Å²) in [4.78, 5) is 32.8. The highest BCUT2D eigenvalue weighted by molar-refractivity contribution is 6.06. The van der Waals surface area contributed by atoms with E-state index in [1.165, 1.54) is 20.0 Å². The zero-order valence-electron chi connectivity index (χ0n) is 12.5. The van der Waals surface area contributed by atoms with Gasteiger partial charge in [-0.3, -0.25) is 29.7 Å². The Morgan fingerprint density at radius 1 is 1.33 bits per heavy atom. The van der Waals surface area contributed by atoms with Crippen LogP contribution in [-0.4, -0.2) is 25.5 Å². The van der Waals surface area contributed by atoms with Crippen LogP contribution in [0.4, 0.5) is 17.1 Å². The minimum atomic E-state index is -0.852. The van der Waals surface area contributed by atoms with Crippen molar-refractivity contribution in [2.24, 2.45) is 7.05 Å². The van der Waals surface area contributed by atoms with Crippen LogP contribution < -0.4 is 5.32 Å². The molecule has 0 saturated carbocycles. The number of aryl methyl sites for hydroxylation is 2. The molecule has 0 aliphatic heterocycles. The van der Waals surface area contributed by atoms with Gasteiger partial charge in [0.2, 0.25) is 5.69 Å². The summed E-state index contributed by atoms with van der Waals surface area (Å²) in [6.45, 7) is 1.39. The molecule has 2 aromatic rings. The molecule has 0 atom stereocenters. The minimum absolute atomic E-state index is 0.00116. The van der Waals surface area contributed by atoms with Gasteiger partial charge in [0, 0.05) is 19.2 Å². The number of nitro groups is 2. The highest BCUT2D eigenvalue weighted by Gasteiger charge is 2.29. The lowest BCUT2D eigenvalue weighted by Gasteiger charge is -2.07. The zero-order chi connectivity index (χ0) is 18.0. The van der Waals surface area contributed by atoms with Crippen LogP contribution >= 0.6 is 0 Å². The number of benzene rings is 1. The number of nitrogens with one attached hydrogen (secondary N) is 1. The van der Waals surface area contributed by atoms with Crippen molar-refractivity contribution >= 4 is 23.0 Å². The number of carbonyl (C=O) groups is 1. The first kappa shape index (κ1) is 16.6. The smallest absolute Gasteiger partial charge is 0.319 e. The average Bonchev–Trinajstić information content (AvgIpc) is 2.81. The third-order valence-corrected chi connectivity index (χ3v) is 3.17. The molecule has 0 bridgehead atoms. The number of nitrogens with zero attached hydrogens (tertiary/aromatic N) is 5. The molecule has 24 heavy (non-hydrogen) atoms. The molecule has 11 heteroatoms. The van der Waals surface area contributed by atoms with E-state index in [1.54, 1.807) is 6.07 Å². The predicted octanol–water partition coefficient (Wildman–Crippen LogP) is 1.67. The minimum Gasteiger partial charge on any atom is -0.319 e. The second kappa shape index (κ2) is 6.13. The van der Waals surface area contributed by atoms with Crippen LogP contribution in [0.1, 0.15) is 21.7 Å². The summed E-state index contributed by atoms with van der Waals surface area (Å²) < 4.78 is 1.06. The fourth-order valence-corrected chi connectivity index (χ4v) is 2.15. The van der Waals surface area contributed by atoms with Gasteiger partial charge < -0.3 is 5.32 Å². The molecule has 0 aliphatic rings. The standard InChI is InChI=1S/C13H10N6O5/c1-7-11(19(23)24)12(17(2)16-7)13(20)15-10-4-3-9(18(21)22)5-8(10)6-14/h3-5H,1-2H3,(H,15,20). The molecule has 1 heterocycles. The van der Waals surface area contributed by atoms with Crippen LogP contribution in [-0.2, 0) is 7.05 Å². The lowest BCUT2D eigenvalue weighted by atomic mass is 10.1. The Labute approximate surface area is 134 Å². The summed E-state index contributed by atoms with van der Waals surface area (Å²) in [6.07, 6.45) is 0. The number of hydrogen-bond donors (Lipinski definition) is 1. The summed E-state index contributed by atoms with van der Waals surface area (Å²) in [5, 5.41) is 37.1. The van der Waals surface area contributed by atoms with Crippen LogP contribution in [0.2, 0.25) is 0 Å². The monoisotopic (exact) mass is 330 g/mol. The van der Waals surface area contributed by atoms with Crippen molar-refractivity contribution in [3.05, 3.63) is 55.4 Å². The maximum absolute atomic E-state index is 12.3. The number of anilines is 1. The van der Waals surface area contributed by atoms with Gasteiger partial charge in [-0.25, -0.2) is 0 Å². The molecular formula is C13H10N6O5. The van der Waals surface area contributed by atoms with Gasteiger partial charge in [0.05, 0.1) is 21.1 Å². The third kappa shape index (κ3) is 2.88. The van der Waals surface area contributed by atoms with E-state index in [0.29, 0.717) is 0 Å². The molecular weight excluding hydrogens is 320 g/mol. The van der Waals surface area contributed by atoms with Crippen molar-refractivity contribution in [1.29, 1.82) is 5.26 Å². The Balaban J connectivity index is 2.43. The highest BCUT2D eigenvalue weighted by Crippen LogP contribution is 2.25. The number of hydrogen-bond acceptors (Lipinski definition) is 7. The predicted molar refractivity (Wildman–Crippen MR) is 80.4 cm³/mol. The Kier molecular flexibility index (Phi) is 4.23. The van der Waals surface area contributed by atoms with Gasteiger partial charge in [-0.2, -0.15) is 10.4 Å². The van der Waals surface area contributed by atoms with Crippen molar-refractivity contribution < 1.29 is 14.6 Å². The number of nitro benzene ring substituents is 1. The van der Waals surface area contributed by atoms with Crippen molar-refractivity contribution in [2.45, 2.75) is 6.92 Å². The number of aromatic nitrogens is 2.